The number of nitrogens with zero attached hydrogens (tertiary/aromatic N) is 2. The standard InChI is InChI=1S/C13H17N2O/c16-10-6-12-4-8-15(9-5-12)11-13-3-1-2-7-14-13/h1-3,7,12H,4-6,8-9,11H2. The van der Waals surface area contributed by atoms with Gasteiger partial charge in [0.1, 0.15) is 0 Å². The Balaban J connectivity index is 1.79. The van der Waals surface area contributed by atoms with E-state index < -0.39 is 0 Å². The minimum atomic E-state index is 0.553. The summed E-state index contributed by atoms with van der Waals surface area (Å²) in [5.74, 6) is 0.553. The topological polar surface area (TPSA) is 33.2 Å². The Hall–Kier alpha value is -1.22. The van der Waals surface area contributed by atoms with Gasteiger partial charge in [-0.25, -0.2) is 0 Å². The van der Waals surface area contributed by atoms with Crippen LogP contribution < -0.4 is 0 Å². The summed E-state index contributed by atoms with van der Waals surface area (Å²) in [5.41, 5.74) is 1.13. The van der Waals surface area contributed by atoms with E-state index in [1.807, 2.05) is 24.6 Å². The molecule has 16 heavy (non-hydrogen) atoms. The first-order chi connectivity index (χ1) is 7.88. The Morgan fingerprint density at radius 2 is 2.19 bits per heavy atom. The molecular formula is C13H17N2O. The molecule has 1 radical (unpaired) electrons. The number of hydrogen-bond acceptors (Lipinski definition) is 3. The number of pyridine rings is 1. The molecule has 0 N–H and O–H groups in total. The SMILES string of the molecule is O=[C]CC1CCN(Cc2ccccn2)CC1. The quantitative estimate of drug-likeness (QED) is 0.771. The van der Waals surface area contributed by atoms with Crippen LogP contribution in [0.3, 0.4) is 0 Å². The lowest BCUT2D eigenvalue weighted by Gasteiger charge is -2.30. The smallest absolute Gasteiger partial charge is 0.198 e. The van der Waals surface area contributed by atoms with E-state index in [1.165, 1.54) is 0 Å². The third kappa shape index (κ3) is 3.14. The molecule has 1 fully saturated rings. The van der Waals surface area contributed by atoms with Gasteiger partial charge in [0.15, 0.2) is 6.29 Å². The van der Waals surface area contributed by atoms with E-state index in [0.717, 1.165) is 38.2 Å². The number of hydrogen-bond donors (Lipinski definition) is 0. The van der Waals surface area contributed by atoms with Gasteiger partial charge in [-0.1, -0.05) is 6.07 Å². The molecule has 2 rings (SSSR count). The molecule has 0 spiro atoms. The maximum atomic E-state index is 10.3. The summed E-state index contributed by atoms with van der Waals surface area (Å²) < 4.78 is 0. The fraction of sp³-hybridized carbons (Fsp3) is 0.538. The predicted molar refractivity (Wildman–Crippen MR) is 62.5 cm³/mol. The molecule has 3 nitrogen and oxygen atoms in total. The highest BCUT2D eigenvalue weighted by Crippen LogP contribution is 2.20. The van der Waals surface area contributed by atoms with Crippen molar-refractivity contribution in [3.05, 3.63) is 30.1 Å². The number of aromatic nitrogens is 1. The van der Waals surface area contributed by atoms with Crippen LogP contribution in [0.2, 0.25) is 0 Å². The van der Waals surface area contributed by atoms with Crippen molar-refractivity contribution in [3.8, 4) is 0 Å². The lowest BCUT2D eigenvalue weighted by molar-refractivity contribution is 0.178. The van der Waals surface area contributed by atoms with Crippen LogP contribution >= 0.6 is 0 Å². The van der Waals surface area contributed by atoms with E-state index in [0.29, 0.717) is 12.3 Å². The minimum absolute atomic E-state index is 0.553. The third-order valence-corrected chi connectivity index (χ3v) is 3.19. The molecule has 2 heterocycles. The highest BCUT2D eigenvalue weighted by Gasteiger charge is 2.18. The van der Waals surface area contributed by atoms with Crippen molar-refractivity contribution < 1.29 is 4.79 Å². The van der Waals surface area contributed by atoms with Gasteiger partial charge >= 0.3 is 0 Å². The summed E-state index contributed by atoms with van der Waals surface area (Å²) in [7, 11) is 0. The zero-order valence-corrected chi connectivity index (χ0v) is 9.43. The van der Waals surface area contributed by atoms with E-state index in [4.69, 9.17) is 0 Å². The lowest BCUT2D eigenvalue weighted by atomic mass is 9.94. The van der Waals surface area contributed by atoms with Crippen molar-refractivity contribution in [1.29, 1.82) is 0 Å². The first-order valence-electron chi connectivity index (χ1n) is 5.86. The minimum Gasteiger partial charge on any atom is -0.297 e. The van der Waals surface area contributed by atoms with Crippen molar-refractivity contribution in [2.24, 2.45) is 5.92 Å². The zero-order valence-electron chi connectivity index (χ0n) is 9.43. The van der Waals surface area contributed by atoms with Gasteiger partial charge in [-0.15, -0.1) is 0 Å². The zero-order chi connectivity index (χ0) is 11.2. The maximum absolute atomic E-state index is 10.3. The molecule has 0 unspecified atom stereocenters. The van der Waals surface area contributed by atoms with Crippen molar-refractivity contribution in [2.75, 3.05) is 13.1 Å². The summed E-state index contributed by atoms with van der Waals surface area (Å²) in [5, 5.41) is 0. The van der Waals surface area contributed by atoms with Gasteiger partial charge in [-0.3, -0.25) is 14.7 Å². The predicted octanol–water partition coefficient (Wildman–Crippen LogP) is 1.79. The second-order valence-corrected chi connectivity index (χ2v) is 4.39. The van der Waals surface area contributed by atoms with Crippen molar-refractivity contribution in [1.82, 2.24) is 9.88 Å². The van der Waals surface area contributed by atoms with Crippen molar-refractivity contribution in [3.63, 3.8) is 0 Å². The van der Waals surface area contributed by atoms with Gasteiger partial charge in [-0.05, 0) is 44.0 Å². The van der Waals surface area contributed by atoms with Gasteiger partial charge in [0.05, 0.1) is 5.69 Å². The van der Waals surface area contributed by atoms with E-state index in [-0.39, 0.29) is 0 Å². The van der Waals surface area contributed by atoms with Crippen LogP contribution in [0.15, 0.2) is 24.4 Å². The monoisotopic (exact) mass is 217 g/mol. The molecular weight excluding hydrogens is 200 g/mol. The summed E-state index contributed by atoms with van der Waals surface area (Å²) in [6.45, 7) is 3.07. The Kier molecular flexibility index (Phi) is 4.05. The summed E-state index contributed by atoms with van der Waals surface area (Å²) in [6, 6.07) is 6.03. The second kappa shape index (κ2) is 5.75. The molecule has 1 aliphatic rings. The molecule has 1 aromatic rings. The molecule has 0 bridgehead atoms. The van der Waals surface area contributed by atoms with Crippen LogP contribution in [0.25, 0.3) is 0 Å². The maximum Gasteiger partial charge on any atom is 0.198 e. The Morgan fingerprint density at radius 3 is 2.81 bits per heavy atom. The lowest BCUT2D eigenvalue weighted by Crippen LogP contribution is -2.33. The van der Waals surface area contributed by atoms with Crippen molar-refractivity contribution >= 4 is 6.29 Å². The van der Waals surface area contributed by atoms with Crippen LogP contribution in [-0.4, -0.2) is 29.3 Å². The molecule has 1 aromatic heterocycles. The number of piperidine rings is 1. The average Bonchev–Trinajstić information content (AvgIpc) is 2.33. The van der Waals surface area contributed by atoms with Crippen LogP contribution in [0.5, 0.6) is 0 Å². The fourth-order valence-corrected chi connectivity index (χ4v) is 2.19. The largest absolute Gasteiger partial charge is 0.297 e. The van der Waals surface area contributed by atoms with E-state index >= 15 is 0 Å². The van der Waals surface area contributed by atoms with Gasteiger partial charge < -0.3 is 0 Å². The van der Waals surface area contributed by atoms with E-state index in [9.17, 15) is 4.79 Å². The van der Waals surface area contributed by atoms with Crippen LogP contribution in [0.4, 0.5) is 0 Å². The second-order valence-electron chi connectivity index (χ2n) is 4.39. The number of carbonyl (C=O) groups excluding carboxylic acids is 1. The fourth-order valence-electron chi connectivity index (χ4n) is 2.19. The normalized spacial score (nSPS) is 18.5. The first kappa shape index (κ1) is 11.3. The third-order valence-electron chi connectivity index (χ3n) is 3.19. The van der Waals surface area contributed by atoms with Gasteiger partial charge in [0.2, 0.25) is 0 Å². The highest BCUT2D eigenvalue weighted by atomic mass is 16.1. The number of likely N-dealkylation sites (tertiary alicyclic amines) is 1. The molecule has 0 saturated carbocycles. The Bertz CT molecular complexity index is 318. The molecule has 85 valence electrons. The molecule has 0 aliphatic carbocycles. The van der Waals surface area contributed by atoms with Crippen LogP contribution in [0.1, 0.15) is 25.0 Å². The molecule has 0 amide bonds. The average molecular weight is 217 g/mol. The van der Waals surface area contributed by atoms with Gasteiger partial charge in [0.25, 0.3) is 0 Å². The number of rotatable bonds is 4. The summed E-state index contributed by atoms with van der Waals surface area (Å²) in [6.07, 6.45) is 6.69. The molecule has 0 atom stereocenters. The molecule has 3 heteroatoms. The van der Waals surface area contributed by atoms with E-state index in [2.05, 4.69) is 16.0 Å². The van der Waals surface area contributed by atoms with Gasteiger partial charge in [-0.2, -0.15) is 0 Å². The Morgan fingerprint density at radius 1 is 1.38 bits per heavy atom. The highest BCUT2D eigenvalue weighted by molar-refractivity contribution is 5.50. The van der Waals surface area contributed by atoms with Gasteiger partial charge in [0, 0.05) is 19.2 Å². The summed E-state index contributed by atoms with van der Waals surface area (Å²) >= 11 is 0. The first-order valence-corrected chi connectivity index (χ1v) is 5.86. The Labute approximate surface area is 96.5 Å². The molecule has 0 aromatic carbocycles. The van der Waals surface area contributed by atoms with Crippen molar-refractivity contribution in [2.45, 2.75) is 25.8 Å². The van der Waals surface area contributed by atoms with Crippen LogP contribution in [0, 0.1) is 5.92 Å². The van der Waals surface area contributed by atoms with E-state index in [1.54, 1.807) is 0 Å². The molecule has 1 saturated heterocycles. The molecule has 1 aliphatic heterocycles. The van der Waals surface area contributed by atoms with Crippen LogP contribution in [-0.2, 0) is 11.3 Å². The summed E-state index contributed by atoms with van der Waals surface area (Å²) in [4.78, 5) is 17.0.